The fraction of sp³-hybridized carbons (Fsp3) is 0. The van der Waals surface area contributed by atoms with Crippen LogP contribution < -0.4 is 15.6 Å². The van der Waals surface area contributed by atoms with Gasteiger partial charge in [-0.1, -0.05) is 30.3 Å². The van der Waals surface area contributed by atoms with Crippen molar-refractivity contribution in [1.29, 1.82) is 0 Å². The molecule has 0 radical (unpaired) electrons. The van der Waals surface area contributed by atoms with Crippen molar-refractivity contribution in [3.8, 4) is 5.75 Å². The van der Waals surface area contributed by atoms with Crippen LogP contribution in [0.5, 0.6) is 5.75 Å². The van der Waals surface area contributed by atoms with E-state index in [1.54, 1.807) is 48.5 Å². The van der Waals surface area contributed by atoms with Gasteiger partial charge in [-0.05, 0) is 24.3 Å². The number of hydrogen-bond donors (Lipinski definition) is 1. The van der Waals surface area contributed by atoms with Crippen LogP contribution in [0, 0.1) is 0 Å². The number of hydrogen-bond acceptors (Lipinski definition) is 5. The SMILES string of the molecule is O=C(N/N=C\c1coc2ccccc2c1=O)Oc1ccccc1. The number of ether oxygens (including phenoxy) is 1. The first-order chi connectivity index (χ1) is 11.2. The molecule has 0 saturated heterocycles. The van der Waals surface area contributed by atoms with Crippen LogP contribution >= 0.6 is 0 Å². The van der Waals surface area contributed by atoms with Crippen LogP contribution in [-0.4, -0.2) is 12.3 Å². The van der Waals surface area contributed by atoms with Crippen LogP contribution in [0.4, 0.5) is 4.79 Å². The maximum absolute atomic E-state index is 12.2. The normalized spacial score (nSPS) is 10.8. The number of rotatable bonds is 3. The average molecular weight is 308 g/mol. The number of carbonyl (C=O) groups is 1. The van der Waals surface area contributed by atoms with E-state index in [1.807, 2.05) is 6.07 Å². The molecule has 3 aromatic rings. The van der Waals surface area contributed by atoms with Gasteiger partial charge in [0.25, 0.3) is 0 Å². The molecule has 0 aliphatic heterocycles. The summed E-state index contributed by atoms with van der Waals surface area (Å²) in [6, 6.07) is 15.5. The fourth-order valence-corrected chi connectivity index (χ4v) is 1.95. The lowest BCUT2D eigenvalue weighted by Crippen LogP contribution is -2.22. The molecular weight excluding hydrogens is 296 g/mol. The van der Waals surface area contributed by atoms with E-state index < -0.39 is 6.09 Å². The van der Waals surface area contributed by atoms with Crippen LogP contribution in [0.3, 0.4) is 0 Å². The van der Waals surface area contributed by atoms with Crippen molar-refractivity contribution in [2.24, 2.45) is 5.10 Å². The van der Waals surface area contributed by atoms with Crippen molar-refractivity contribution in [3.05, 3.63) is 76.6 Å². The second kappa shape index (κ2) is 6.57. The molecule has 114 valence electrons. The van der Waals surface area contributed by atoms with E-state index in [1.165, 1.54) is 12.5 Å². The predicted molar refractivity (Wildman–Crippen MR) is 85.7 cm³/mol. The Kier molecular flexibility index (Phi) is 4.15. The molecule has 2 aromatic carbocycles. The van der Waals surface area contributed by atoms with Gasteiger partial charge in [0, 0.05) is 0 Å². The second-order valence-electron chi connectivity index (χ2n) is 4.59. The van der Waals surface area contributed by atoms with Gasteiger partial charge >= 0.3 is 6.09 Å². The number of fused-ring (bicyclic) bond motifs is 1. The smallest absolute Gasteiger partial charge is 0.433 e. The minimum absolute atomic E-state index is 0.226. The van der Waals surface area contributed by atoms with Crippen LogP contribution in [-0.2, 0) is 0 Å². The van der Waals surface area contributed by atoms with Crippen molar-refractivity contribution in [2.75, 3.05) is 0 Å². The van der Waals surface area contributed by atoms with E-state index in [0.717, 1.165) is 0 Å². The second-order valence-corrected chi connectivity index (χ2v) is 4.59. The van der Waals surface area contributed by atoms with Crippen LogP contribution in [0.25, 0.3) is 11.0 Å². The van der Waals surface area contributed by atoms with Gasteiger partial charge in [-0.25, -0.2) is 10.2 Å². The highest BCUT2D eigenvalue weighted by molar-refractivity contribution is 5.86. The first-order valence-electron chi connectivity index (χ1n) is 6.80. The maximum atomic E-state index is 12.2. The molecule has 1 heterocycles. The Bertz CT molecular complexity index is 917. The van der Waals surface area contributed by atoms with E-state index in [4.69, 9.17) is 9.15 Å². The summed E-state index contributed by atoms with van der Waals surface area (Å²) in [5, 5.41) is 4.14. The summed E-state index contributed by atoms with van der Waals surface area (Å²) in [7, 11) is 0. The molecule has 0 bridgehead atoms. The molecule has 6 nitrogen and oxygen atoms in total. The molecule has 1 aromatic heterocycles. The molecule has 3 rings (SSSR count). The van der Waals surface area contributed by atoms with E-state index in [9.17, 15) is 9.59 Å². The van der Waals surface area contributed by atoms with Gasteiger partial charge in [0.05, 0.1) is 17.2 Å². The molecule has 0 unspecified atom stereocenters. The van der Waals surface area contributed by atoms with Gasteiger partial charge in [-0.2, -0.15) is 5.10 Å². The summed E-state index contributed by atoms with van der Waals surface area (Å²) in [4.78, 5) is 23.8. The molecule has 0 fully saturated rings. The lowest BCUT2D eigenvalue weighted by atomic mass is 10.2. The minimum Gasteiger partial charge on any atom is -0.463 e. The topological polar surface area (TPSA) is 80.9 Å². The van der Waals surface area contributed by atoms with E-state index >= 15 is 0 Å². The molecule has 1 N–H and O–H groups in total. The Hall–Kier alpha value is -3.41. The summed E-state index contributed by atoms with van der Waals surface area (Å²) in [6.07, 6.45) is 1.75. The molecule has 0 aliphatic carbocycles. The first-order valence-corrected chi connectivity index (χ1v) is 6.80. The first kappa shape index (κ1) is 14.5. The van der Waals surface area contributed by atoms with Crippen LogP contribution in [0.2, 0.25) is 0 Å². The standard InChI is InChI=1S/C17H12N2O4/c20-16-12(11-22-15-9-5-4-8-14(15)16)10-18-19-17(21)23-13-6-2-1-3-7-13/h1-11H,(H,19,21)/b18-10-. The third-order valence-electron chi connectivity index (χ3n) is 3.02. The van der Waals surface area contributed by atoms with E-state index in [2.05, 4.69) is 10.5 Å². The summed E-state index contributed by atoms with van der Waals surface area (Å²) in [6.45, 7) is 0. The number of carbonyl (C=O) groups excluding carboxylic acids is 1. The Morgan fingerprint density at radius 2 is 1.83 bits per heavy atom. The molecule has 0 spiro atoms. The van der Waals surface area contributed by atoms with Gasteiger partial charge in [-0.3, -0.25) is 4.79 Å². The highest BCUT2D eigenvalue weighted by Gasteiger charge is 2.05. The Morgan fingerprint density at radius 1 is 1.09 bits per heavy atom. The molecule has 6 heteroatoms. The summed E-state index contributed by atoms with van der Waals surface area (Å²) in [5.74, 6) is 0.394. The van der Waals surface area contributed by atoms with Gasteiger partial charge in [0.1, 0.15) is 17.6 Å². The fourth-order valence-electron chi connectivity index (χ4n) is 1.95. The number of nitrogens with one attached hydrogen (secondary N) is 1. The lowest BCUT2D eigenvalue weighted by molar-refractivity contribution is 0.201. The molecule has 23 heavy (non-hydrogen) atoms. The van der Waals surface area contributed by atoms with Crippen LogP contribution in [0.1, 0.15) is 5.56 Å². The summed E-state index contributed by atoms with van der Waals surface area (Å²) >= 11 is 0. The van der Waals surface area contributed by atoms with Crippen molar-refractivity contribution in [3.63, 3.8) is 0 Å². The zero-order chi connectivity index (χ0) is 16.1. The van der Waals surface area contributed by atoms with Crippen LogP contribution in [0.15, 0.2) is 75.2 Å². The number of amides is 1. The number of benzene rings is 2. The zero-order valence-corrected chi connectivity index (χ0v) is 11.9. The Labute approximate surface area is 131 Å². The minimum atomic E-state index is -0.752. The lowest BCUT2D eigenvalue weighted by Gasteiger charge is -2.02. The number of para-hydroxylation sites is 2. The Balaban J connectivity index is 1.70. The van der Waals surface area contributed by atoms with Gasteiger partial charge in [0.2, 0.25) is 5.43 Å². The quantitative estimate of drug-likeness (QED) is 0.596. The van der Waals surface area contributed by atoms with Crippen molar-refractivity contribution in [1.82, 2.24) is 5.43 Å². The largest absolute Gasteiger partial charge is 0.463 e. The predicted octanol–water partition coefficient (Wildman–Crippen LogP) is 2.92. The molecule has 0 atom stereocenters. The Morgan fingerprint density at radius 3 is 2.65 bits per heavy atom. The van der Waals surface area contributed by atoms with E-state index in [0.29, 0.717) is 16.7 Å². The van der Waals surface area contributed by atoms with E-state index in [-0.39, 0.29) is 11.0 Å². The highest BCUT2D eigenvalue weighted by Crippen LogP contribution is 2.10. The summed E-state index contributed by atoms with van der Waals surface area (Å²) in [5.41, 5.74) is 2.67. The molecule has 1 amide bonds. The third kappa shape index (κ3) is 3.44. The number of hydrazone groups is 1. The molecular formula is C17H12N2O4. The monoisotopic (exact) mass is 308 g/mol. The van der Waals surface area contributed by atoms with Crippen molar-refractivity contribution >= 4 is 23.3 Å². The maximum Gasteiger partial charge on any atom is 0.433 e. The van der Waals surface area contributed by atoms with Gasteiger partial charge in [0.15, 0.2) is 0 Å². The van der Waals surface area contributed by atoms with Gasteiger partial charge in [-0.15, -0.1) is 0 Å². The summed E-state index contributed by atoms with van der Waals surface area (Å²) < 4.78 is 10.3. The molecule has 0 saturated carbocycles. The third-order valence-corrected chi connectivity index (χ3v) is 3.02. The van der Waals surface area contributed by atoms with Crippen molar-refractivity contribution < 1.29 is 13.9 Å². The molecule has 0 aliphatic rings. The van der Waals surface area contributed by atoms with Gasteiger partial charge < -0.3 is 9.15 Å². The highest BCUT2D eigenvalue weighted by atomic mass is 16.6. The zero-order valence-electron chi connectivity index (χ0n) is 11.9. The van der Waals surface area contributed by atoms with Crippen molar-refractivity contribution in [2.45, 2.75) is 0 Å². The number of nitrogens with zero attached hydrogens (tertiary/aromatic N) is 1. The average Bonchev–Trinajstić information content (AvgIpc) is 2.58.